The molecule has 7 heteroatoms. The first-order valence-electron chi connectivity index (χ1n) is 7.36. The number of hydrazone groups is 1. The smallest absolute Gasteiger partial charge is 0.158 e. The van der Waals surface area contributed by atoms with Gasteiger partial charge in [0.1, 0.15) is 16.9 Å². The Kier molecular flexibility index (Phi) is 3.64. The molecular formula is C16H15N5OS. The maximum atomic E-state index is 9.75. The molecule has 116 valence electrons. The van der Waals surface area contributed by atoms with Crippen molar-refractivity contribution >= 4 is 33.6 Å². The van der Waals surface area contributed by atoms with Gasteiger partial charge >= 0.3 is 0 Å². The third kappa shape index (κ3) is 2.64. The van der Waals surface area contributed by atoms with Crippen molar-refractivity contribution in [1.82, 2.24) is 15.3 Å². The number of nitrogens with zero attached hydrogens (tertiary/aromatic N) is 3. The van der Waals surface area contributed by atoms with E-state index in [0.29, 0.717) is 11.4 Å². The molecule has 4 rings (SSSR count). The first-order valence-corrected chi connectivity index (χ1v) is 8.17. The molecule has 0 atom stereocenters. The molecule has 0 spiro atoms. The minimum Gasteiger partial charge on any atom is -0.507 e. The molecule has 3 N–H and O–H groups in total. The van der Waals surface area contributed by atoms with E-state index in [-0.39, 0.29) is 5.75 Å². The van der Waals surface area contributed by atoms with Crippen molar-refractivity contribution in [2.45, 2.75) is 13.0 Å². The van der Waals surface area contributed by atoms with Crippen molar-refractivity contribution in [3.8, 4) is 5.75 Å². The fourth-order valence-corrected chi connectivity index (χ4v) is 3.86. The Morgan fingerprint density at radius 3 is 3.13 bits per heavy atom. The summed E-state index contributed by atoms with van der Waals surface area (Å²) in [4.78, 5) is 11.0. The van der Waals surface area contributed by atoms with Crippen LogP contribution in [0.25, 0.3) is 10.2 Å². The molecule has 1 aliphatic rings. The zero-order valence-electron chi connectivity index (χ0n) is 12.3. The number of para-hydroxylation sites is 1. The lowest BCUT2D eigenvalue weighted by molar-refractivity contribution is 0.474. The van der Waals surface area contributed by atoms with Crippen LogP contribution in [0.2, 0.25) is 0 Å². The molecule has 3 heterocycles. The maximum Gasteiger partial charge on any atom is 0.158 e. The fourth-order valence-electron chi connectivity index (χ4n) is 2.70. The van der Waals surface area contributed by atoms with Gasteiger partial charge in [-0.1, -0.05) is 12.1 Å². The number of rotatable bonds is 3. The molecule has 6 nitrogen and oxygen atoms in total. The number of aromatic nitrogens is 2. The van der Waals surface area contributed by atoms with Gasteiger partial charge in [-0.3, -0.25) is 5.43 Å². The largest absolute Gasteiger partial charge is 0.507 e. The van der Waals surface area contributed by atoms with Crippen molar-refractivity contribution < 1.29 is 5.11 Å². The van der Waals surface area contributed by atoms with Crippen molar-refractivity contribution in [3.63, 3.8) is 0 Å². The average Bonchev–Trinajstić information content (AvgIpc) is 2.96. The number of aromatic hydroxyl groups is 1. The van der Waals surface area contributed by atoms with Crippen LogP contribution in [0, 0.1) is 0 Å². The van der Waals surface area contributed by atoms with Crippen molar-refractivity contribution in [2.75, 3.05) is 12.0 Å². The van der Waals surface area contributed by atoms with Crippen LogP contribution in [-0.2, 0) is 13.0 Å². The van der Waals surface area contributed by atoms with Crippen LogP contribution < -0.4 is 10.7 Å². The number of anilines is 1. The van der Waals surface area contributed by atoms with Crippen molar-refractivity contribution in [1.29, 1.82) is 0 Å². The molecule has 0 unspecified atom stereocenters. The molecule has 1 aromatic carbocycles. The van der Waals surface area contributed by atoms with Crippen LogP contribution in [0.4, 0.5) is 5.82 Å². The van der Waals surface area contributed by atoms with Crippen LogP contribution in [0.5, 0.6) is 5.75 Å². The first kappa shape index (κ1) is 14.1. The van der Waals surface area contributed by atoms with Gasteiger partial charge in [0.25, 0.3) is 0 Å². The van der Waals surface area contributed by atoms with Crippen LogP contribution in [0.3, 0.4) is 0 Å². The van der Waals surface area contributed by atoms with Gasteiger partial charge in [0.15, 0.2) is 5.82 Å². The Morgan fingerprint density at radius 1 is 1.30 bits per heavy atom. The Hall–Kier alpha value is -2.51. The second-order valence-corrected chi connectivity index (χ2v) is 6.35. The molecule has 0 saturated heterocycles. The molecule has 0 bridgehead atoms. The number of thiophene rings is 1. The molecule has 1 aliphatic heterocycles. The highest BCUT2D eigenvalue weighted by atomic mass is 32.1. The summed E-state index contributed by atoms with van der Waals surface area (Å²) in [5.74, 6) is 0.908. The van der Waals surface area contributed by atoms with Crippen LogP contribution in [-0.4, -0.2) is 27.8 Å². The van der Waals surface area contributed by atoms with E-state index in [4.69, 9.17) is 0 Å². The topological polar surface area (TPSA) is 82.4 Å². The third-order valence-electron chi connectivity index (χ3n) is 3.82. The molecule has 2 aromatic heterocycles. The fraction of sp³-hybridized carbons (Fsp3) is 0.188. The summed E-state index contributed by atoms with van der Waals surface area (Å²) in [7, 11) is 0. The van der Waals surface area contributed by atoms with Gasteiger partial charge in [0.05, 0.1) is 11.6 Å². The highest BCUT2D eigenvalue weighted by Gasteiger charge is 2.19. The van der Waals surface area contributed by atoms with E-state index < -0.39 is 0 Å². The summed E-state index contributed by atoms with van der Waals surface area (Å²) in [6.07, 6.45) is 4.11. The second kappa shape index (κ2) is 5.94. The number of benzene rings is 1. The third-order valence-corrected chi connectivity index (χ3v) is 4.96. The minimum absolute atomic E-state index is 0.199. The predicted octanol–water partition coefficient (Wildman–Crippen LogP) is 2.49. The van der Waals surface area contributed by atoms with Gasteiger partial charge in [-0.05, 0) is 30.7 Å². The van der Waals surface area contributed by atoms with Gasteiger partial charge < -0.3 is 10.4 Å². The molecule has 0 radical (unpaired) electrons. The summed E-state index contributed by atoms with van der Waals surface area (Å²) in [6.45, 7) is 1.85. The van der Waals surface area contributed by atoms with Crippen LogP contribution in [0.15, 0.2) is 35.7 Å². The molecule has 0 amide bonds. The van der Waals surface area contributed by atoms with E-state index in [1.54, 1.807) is 42.1 Å². The summed E-state index contributed by atoms with van der Waals surface area (Å²) < 4.78 is 0. The lowest BCUT2D eigenvalue weighted by Gasteiger charge is -2.12. The normalized spacial score (nSPS) is 14.3. The van der Waals surface area contributed by atoms with Crippen LogP contribution in [0.1, 0.15) is 16.0 Å². The van der Waals surface area contributed by atoms with E-state index in [9.17, 15) is 5.11 Å². The Balaban J connectivity index is 1.67. The average molecular weight is 325 g/mol. The quantitative estimate of drug-likeness (QED) is 0.509. The monoisotopic (exact) mass is 325 g/mol. The highest BCUT2D eigenvalue weighted by molar-refractivity contribution is 7.18. The van der Waals surface area contributed by atoms with Gasteiger partial charge in [0, 0.05) is 17.0 Å². The number of phenolic OH excluding ortho intramolecular Hbond substituents is 1. The van der Waals surface area contributed by atoms with Gasteiger partial charge in [-0.25, -0.2) is 9.97 Å². The number of nitrogens with one attached hydrogen (secondary N) is 2. The standard InChI is InChI=1S/C16H15N5OS/c22-12-4-2-1-3-10(12)7-20-21-15-14-11-5-6-17-8-13(11)23-16(14)19-9-18-15/h1-4,7,9,17,22H,5-6,8H2,(H,18,19,21). The molecular weight excluding hydrogens is 310 g/mol. The summed E-state index contributed by atoms with van der Waals surface area (Å²) in [6, 6.07) is 7.06. The molecule has 3 aromatic rings. The zero-order chi connectivity index (χ0) is 15.6. The Bertz CT molecular complexity index is 889. The van der Waals surface area contributed by atoms with Gasteiger partial charge in [0.2, 0.25) is 0 Å². The SMILES string of the molecule is Oc1ccccc1C=NNc1ncnc2sc3c(c12)CCNC3. The number of phenols is 1. The van der Waals surface area contributed by atoms with Crippen molar-refractivity contribution in [2.24, 2.45) is 5.10 Å². The zero-order valence-corrected chi connectivity index (χ0v) is 13.1. The van der Waals surface area contributed by atoms with Gasteiger partial charge in [-0.15, -0.1) is 11.3 Å². The van der Waals surface area contributed by atoms with E-state index in [0.717, 1.165) is 29.7 Å². The van der Waals surface area contributed by atoms with E-state index in [1.807, 2.05) is 6.07 Å². The Labute approximate surface area is 136 Å². The molecule has 23 heavy (non-hydrogen) atoms. The van der Waals surface area contributed by atoms with Crippen molar-refractivity contribution in [3.05, 3.63) is 46.6 Å². The molecule has 0 aliphatic carbocycles. The number of fused-ring (bicyclic) bond motifs is 3. The van der Waals surface area contributed by atoms with Gasteiger partial charge in [-0.2, -0.15) is 5.10 Å². The van der Waals surface area contributed by atoms with Crippen LogP contribution >= 0.6 is 11.3 Å². The first-order chi connectivity index (χ1) is 11.3. The Morgan fingerprint density at radius 2 is 2.22 bits per heavy atom. The lowest BCUT2D eigenvalue weighted by atomic mass is 10.1. The summed E-state index contributed by atoms with van der Waals surface area (Å²) in [5, 5.41) is 18.4. The van der Waals surface area contributed by atoms with E-state index >= 15 is 0 Å². The predicted molar refractivity (Wildman–Crippen MR) is 92.1 cm³/mol. The van der Waals surface area contributed by atoms with E-state index in [2.05, 4.69) is 25.8 Å². The number of hydrogen-bond acceptors (Lipinski definition) is 7. The highest BCUT2D eigenvalue weighted by Crippen LogP contribution is 2.35. The second-order valence-electron chi connectivity index (χ2n) is 5.26. The van der Waals surface area contributed by atoms with E-state index in [1.165, 1.54) is 10.4 Å². The summed E-state index contributed by atoms with van der Waals surface area (Å²) in [5.41, 5.74) is 4.96. The number of hydrogen-bond donors (Lipinski definition) is 3. The maximum absolute atomic E-state index is 9.75. The lowest BCUT2D eigenvalue weighted by Crippen LogP contribution is -2.22. The molecule has 0 saturated carbocycles. The minimum atomic E-state index is 0.199. The summed E-state index contributed by atoms with van der Waals surface area (Å²) >= 11 is 1.70. The molecule has 0 fully saturated rings.